The van der Waals surface area contributed by atoms with Gasteiger partial charge in [0.1, 0.15) is 16.5 Å². The summed E-state index contributed by atoms with van der Waals surface area (Å²) in [5.74, 6) is 2.21. The van der Waals surface area contributed by atoms with E-state index in [1.807, 2.05) is 13.8 Å². The maximum Gasteiger partial charge on any atom is 0.345 e. The van der Waals surface area contributed by atoms with Crippen LogP contribution in [0.5, 0.6) is 0 Å². The number of hydrogen-bond donors (Lipinski definition) is 1. The van der Waals surface area contributed by atoms with E-state index in [0.717, 1.165) is 71.8 Å². The molecular formula is C21H26N6O2S. The molecule has 0 radical (unpaired) electrons. The number of carbonyl (C=O) groups is 1. The molecule has 9 heteroatoms. The summed E-state index contributed by atoms with van der Waals surface area (Å²) in [5, 5.41) is 8.45. The molecule has 158 valence electrons. The predicted molar refractivity (Wildman–Crippen MR) is 115 cm³/mol. The lowest BCUT2D eigenvalue weighted by Gasteiger charge is -2.09. The number of aromatic nitrogens is 5. The second-order valence-corrected chi connectivity index (χ2v) is 9.32. The van der Waals surface area contributed by atoms with Gasteiger partial charge >= 0.3 is 5.69 Å². The molecule has 0 atom stereocenters. The Balaban J connectivity index is 1.24. The molecule has 0 saturated heterocycles. The standard InChI is InChI=1S/C21H26N6O2S/c1-12-16-13(2)23-18(14-7-8-14)24-20(16)30-17(12)19(28)22-9-5-11-27-21(29)26-10-4-3-6-15(26)25-27/h14H,3-11H2,1-2H3,(H,22,28). The molecule has 0 aromatic carbocycles. The highest BCUT2D eigenvalue weighted by atomic mass is 32.1. The van der Waals surface area contributed by atoms with Gasteiger partial charge in [0.2, 0.25) is 0 Å². The first kappa shape index (κ1) is 19.4. The fourth-order valence-electron chi connectivity index (χ4n) is 4.21. The van der Waals surface area contributed by atoms with E-state index in [0.29, 0.717) is 30.3 Å². The van der Waals surface area contributed by atoms with E-state index in [9.17, 15) is 9.59 Å². The second kappa shape index (κ2) is 7.61. The lowest BCUT2D eigenvalue weighted by atomic mass is 10.1. The SMILES string of the molecule is Cc1nc(C2CC2)nc2sc(C(=O)NCCCn3nc4n(c3=O)CCCC4)c(C)c12. The van der Waals surface area contributed by atoms with Crippen molar-refractivity contribution in [1.29, 1.82) is 0 Å². The van der Waals surface area contributed by atoms with Crippen molar-refractivity contribution < 1.29 is 4.79 Å². The molecule has 4 heterocycles. The average Bonchev–Trinajstić information content (AvgIpc) is 3.47. The molecule has 5 rings (SSSR count). The Morgan fingerprint density at radius 3 is 2.83 bits per heavy atom. The topological polar surface area (TPSA) is 94.7 Å². The number of aryl methyl sites for hydroxylation is 4. The van der Waals surface area contributed by atoms with E-state index >= 15 is 0 Å². The molecule has 3 aromatic heterocycles. The first-order chi connectivity index (χ1) is 14.5. The van der Waals surface area contributed by atoms with Gasteiger partial charge in [0.25, 0.3) is 5.91 Å². The smallest absolute Gasteiger partial charge is 0.345 e. The summed E-state index contributed by atoms with van der Waals surface area (Å²) in [6.07, 6.45) is 5.98. The predicted octanol–water partition coefficient (Wildman–Crippen LogP) is 2.70. The van der Waals surface area contributed by atoms with Gasteiger partial charge in [-0.05, 0) is 51.5 Å². The molecule has 0 unspecified atom stereocenters. The van der Waals surface area contributed by atoms with Gasteiger partial charge in [-0.15, -0.1) is 11.3 Å². The third-order valence-corrected chi connectivity index (χ3v) is 7.19. The number of thiophene rings is 1. The van der Waals surface area contributed by atoms with E-state index in [2.05, 4.69) is 15.4 Å². The zero-order chi connectivity index (χ0) is 20.8. The summed E-state index contributed by atoms with van der Waals surface area (Å²) in [6.45, 7) is 5.75. The van der Waals surface area contributed by atoms with Crippen LogP contribution in [0.4, 0.5) is 0 Å². The van der Waals surface area contributed by atoms with Crippen molar-refractivity contribution in [3.63, 3.8) is 0 Å². The van der Waals surface area contributed by atoms with Gasteiger partial charge < -0.3 is 5.32 Å². The molecule has 3 aromatic rings. The van der Waals surface area contributed by atoms with Gasteiger partial charge in [0.15, 0.2) is 0 Å². The minimum atomic E-state index is -0.0839. The Morgan fingerprint density at radius 2 is 2.07 bits per heavy atom. The summed E-state index contributed by atoms with van der Waals surface area (Å²) in [7, 11) is 0. The fourth-order valence-corrected chi connectivity index (χ4v) is 5.36. The molecule has 0 spiro atoms. The highest BCUT2D eigenvalue weighted by Gasteiger charge is 2.28. The van der Waals surface area contributed by atoms with Gasteiger partial charge in [0.05, 0.1) is 10.6 Å². The lowest BCUT2D eigenvalue weighted by molar-refractivity contribution is 0.0956. The van der Waals surface area contributed by atoms with E-state index in [1.165, 1.54) is 16.0 Å². The van der Waals surface area contributed by atoms with Crippen molar-refractivity contribution in [3.8, 4) is 0 Å². The molecule has 2 aliphatic rings. The number of hydrogen-bond acceptors (Lipinski definition) is 6. The van der Waals surface area contributed by atoms with Gasteiger partial charge in [0, 0.05) is 37.4 Å². The van der Waals surface area contributed by atoms with Gasteiger partial charge in [-0.25, -0.2) is 19.4 Å². The van der Waals surface area contributed by atoms with E-state index in [4.69, 9.17) is 4.98 Å². The van der Waals surface area contributed by atoms with Crippen LogP contribution in [0.3, 0.4) is 0 Å². The summed E-state index contributed by atoms with van der Waals surface area (Å²) in [4.78, 5) is 36.1. The molecule has 1 saturated carbocycles. The molecule has 30 heavy (non-hydrogen) atoms. The number of carbonyl (C=O) groups excluding carboxylic acids is 1. The monoisotopic (exact) mass is 426 g/mol. The van der Waals surface area contributed by atoms with Crippen molar-refractivity contribution in [2.45, 2.75) is 71.4 Å². The normalized spacial score (nSPS) is 16.1. The Bertz CT molecular complexity index is 1190. The van der Waals surface area contributed by atoms with E-state index in [-0.39, 0.29) is 11.6 Å². The molecule has 1 aliphatic carbocycles. The summed E-state index contributed by atoms with van der Waals surface area (Å²) < 4.78 is 3.32. The summed E-state index contributed by atoms with van der Waals surface area (Å²) in [5.41, 5.74) is 1.88. The second-order valence-electron chi connectivity index (χ2n) is 8.32. The van der Waals surface area contributed by atoms with Crippen LogP contribution in [0.1, 0.15) is 70.6 Å². The summed E-state index contributed by atoms with van der Waals surface area (Å²) in [6, 6.07) is 0. The van der Waals surface area contributed by atoms with Crippen LogP contribution in [0, 0.1) is 13.8 Å². The quantitative estimate of drug-likeness (QED) is 0.612. The van der Waals surface area contributed by atoms with E-state index in [1.54, 1.807) is 4.57 Å². The van der Waals surface area contributed by atoms with Crippen molar-refractivity contribution in [3.05, 3.63) is 38.3 Å². The molecule has 8 nitrogen and oxygen atoms in total. The minimum absolute atomic E-state index is 0.0307. The zero-order valence-electron chi connectivity index (χ0n) is 17.4. The third kappa shape index (κ3) is 3.45. The van der Waals surface area contributed by atoms with Gasteiger partial charge in [-0.3, -0.25) is 9.36 Å². The molecular weight excluding hydrogens is 400 g/mol. The van der Waals surface area contributed by atoms with Gasteiger partial charge in [-0.2, -0.15) is 5.10 Å². The number of nitrogens with one attached hydrogen (secondary N) is 1. The molecule has 1 amide bonds. The number of nitrogens with zero attached hydrogens (tertiary/aromatic N) is 5. The maximum atomic E-state index is 12.8. The fraction of sp³-hybridized carbons (Fsp3) is 0.571. The largest absolute Gasteiger partial charge is 0.351 e. The van der Waals surface area contributed by atoms with Crippen LogP contribution >= 0.6 is 11.3 Å². The van der Waals surface area contributed by atoms with Crippen molar-refractivity contribution in [1.82, 2.24) is 29.6 Å². The minimum Gasteiger partial charge on any atom is -0.351 e. The maximum absolute atomic E-state index is 12.8. The Kier molecular flexibility index (Phi) is 4.92. The first-order valence-corrected chi connectivity index (χ1v) is 11.6. The Hall–Kier alpha value is -2.55. The van der Waals surface area contributed by atoms with Crippen molar-refractivity contribution >= 4 is 27.5 Å². The van der Waals surface area contributed by atoms with Crippen molar-refractivity contribution in [2.75, 3.05) is 6.54 Å². The highest BCUT2D eigenvalue weighted by Crippen LogP contribution is 2.40. The van der Waals surface area contributed by atoms with Crippen LogP contribution < -0.4 is 11.0 Å². The summed E-state index contributed by atoms with van der Waals surface area (Å²) >= 11 is 1.45. The highest BCUT2D eigenvalue weighted by molar-refractivity contribution is 7.20. The first-order valence-electron chi connectivity index (χ1n) is 10.8. The average molecular weight is 427 g/mol. The van der Waals surface area contributed by atoms with Crippen LogP contribution in [0.2, 0.25) is 0 Å². The third-order valence-electron chi connectivity index (χ3n) is 6.00. The number of rotatable bonds is 6. The number of amides is 1. The van der Waals surface area contributed by atoms with Crippen LogP contribution in [-0.2, 0) is 19.5 Å². The molecule has 0 bridgehead atoms. The number of fused-ring (bicyclic) bond motifs is 2. The lowest BCUT2D eigenvalue weighted by Crippen LogP contribution is -2.29. The molecule has 1 N–H and O–H groups in total. The zero-order valence-corrected chi connectivity index (χ0v) is 18.2. The van der Waals surface area contributed by atoms with Crippen molar-refractivity contribution in [2.24, 2.45) is 0 Å². The Labute approximate surface area is 178 Å². The molecule has 1 fully saturated rings. The van der Waals surface area contributed by atoms with Crippen LogP contribution in [-0.4, -0.2) is 36.8 Å². The van der Waals surface area contributed by atoms with E-state index < -0.39 is 0 Å². The van der Waals surface area contributed by atoms with Gasteiger partial charge in [-0.1, -0.05) is 0 Å². The van der Waals surface area contributed by atoms with Crippen LogP contribution in [0.25, 0.3) is 10.2 Å². The molecule has 1 aliphatic heterocycles. The van der Waals surface area contributed by atoms with Crippen LogP contribution in [0.15, 0.2) is 4.79 Å². The Morgan fingerprint density at radius 1 is 1.23 bits per heavy atom.